The van der Waals surface area contributed by atoms with Crippen LogP contribution in [-0.4, -0.2) is 86.3 Å². The Morgan fingerprint density at radius 1 is 1.06 bits per heavy atom. The first kappa shape index (κ1) is 25.4. The second-order valence-corrected chi connectivity index (χ2v) is 7.60. The largest absolute Gasteiger partial charge is 0.483 e. The van der Waals surface area contributed by atoms with E-state index in [-0.39, 0.29) is 24.8 Å². The maximum absolute atomic E-state index is 13.3. The predicted octanol–water partition coefficient (Wildman–Crippen LogP) is 1.12. The van der Waals surface area contributed by atoms with Crippen LogP contribution in [-0.2, 0) is 21.4 Å². The fourth-order valence-corrected chi connectivity index (χ4v) is 4.00. The highest BCUT2D eigenvalue weighted by Gasteiger charge is 2.45. The minimum Gasteiger partial charge on any atom is -0.483 e. The van der Waals surface area contributed by atoms with Crippen LogP contribution in [0.25, 0.3) is 0 Å². The first-order valence-electron chi connectivity index (χ1n) is 10.4. The van der Waals surface area contributed by atoms with Crippen LogP contribution in [0.3, 0.4) is 0 Å². The number of furan rings is 1. The van der Waals surface area contributed by atoms with E-state index in [0.717, 1.165) is 25.9 Å². The van der Waals surface area contributed by atoms with E-state index in [9.17, 15) is 9.59 Å². The molecule has 2 saturated heterocycles. The number of aryl methyl sites for hydroxylation is 1. The predicted molar refractivity (Wildman–Crippen MR) is 117 cm³/mol. The molecule has 0 spiro atoms. The van der Waals surface area contributed by atoms with E-state index in [1.807, 2.05) is 24.2 Å². The Morgan fingerprint density at radius 3 is 2.15 bits per heavy atom. The Bertz CT molecular complexity index is 892. The summed E-state index contributed by atoms with van der Waals surface area (Å²) in [6, 6.07) is 3.55. The molecule has 0 saturated carbocycles. The number of nitrogens with zero attached hydrogens (tertiary/aromatic N) is 4. The summed E-state index contributed by atoms with van der Waals surface area (Å²) >= 11 is 0. The van der Waals surface area contributed by atoms with E-state index in [4.69, 9.17) is 24.2 Å². The molecule has 0 aliphatic carbocycles. The van der Waals surface area contributed by atoms with Gasteiger partial charge in [-0.15, -0.1) is 0 Å². The number of likely N-dealkylation sites (tertiary alicyclic amines) is 2. The fraction of sp³-hybridized carbons (Fsp3) is 0.476. The van der Waals surface area contributed by atoms with E-state index in [1.54, 1.807) is 15.6 Å². The SMILES string of the molecule is Cn1ccc(NC2(C(=O)N3CCCC3)CCN(C(=O)c3ccoc3)CC2)n1.O=CO.O=CO. The fourth-order valence-electron chi connectivity index (χ4n) is 4.00. The Balaban J connectivity index is 0.000000582. The van der Waals surface area contributed by atoms with Gasteiger partial charge in [0.1, 0.15) is 17.6 Å². The standard InChI is InChI=1S/C19H25N5O3.2CH2O2/c1-22-10-4-16(21-22)20-19(18(26)24-8-2-3-9-24)6-11-23(12-7-19)17(25)15-5-13-27-14-15;2*2-1-3/h4-5,10,13-14H,2-3,6-9,11-12H2,1H3,(H,20,21);2*1H,(H,2,3). The Hall–Kier alpha value is -3.83. The van der Waals surface area contributed by atoms with Crippen molar-refractivity contribution in [3.8, 4) is 0 Å². The summed E-state index contributed by atoms with van der Waals surface area (Å²) in [6.07, 6.45) is 8.04. The summed E-state index contributed by atoms with van der Waals surface area (Å²) in [5.41, 5.74) is -0.169. The summed E-state index contributed by atoms with van der Waals surface area (Å²) in [5, 5.41) is 21.6. The lowest BCUT2D eigenvalue weighted by atomic mass is 9.85. The molecule has 2 aliphatic rings. The van der Waals surface area contributed by atoms with Gasteiger partial charge in [0, 0.05) is 45.5 Å². The Labute approximate surface area is 190 Å². The second-order valence-electron chi connectivity index (χ2n) is 7.60. The Morgan fingerprint density at radius 2 is 1.67 bits per heavy atom. The molecule has 2 amide bonds. The molecule has 0 atom stereocenters. The van der Waals surface area contributed by atoms with Crippen molar-refractivity contribution in [1.82, 2.24) is 19.6 Å². The quantitative estimate of drug-likeness (QED) is 0.565. The van der Waals surface area contributed by atoms with Crippen molar-refractivity contribution in [2.24, 2.45) is 7.05 Å². The number of nitrogens with one attached hydrogen (secondary N) is 1. The number of hydrogen-bond acceptors (Lipinski definition) is 7. The number of rotatable bonds is 4. The summed E-state index contributed by atoms with van der Waals surface area (Å²) in [4.78, 5) is 46.4. The number of carbonyl (C=O) groups is 4. The van der Waals surface area contributed by atoms with E-state index >= 15 is 0 Å². The molecular weight excluding hydrogens is 434 g/mol. The molecule has 3 N–H and O–H groups in total. The Kier molecular flexibility index (Phi) is 9.45. The van der Waals surface area contributed by atoms with Crippen molar-refractivity contribution in [3.05, 3.63) is 36.4 Å². The minimum atomic E-state index is -0.716. The van der Waals surface area contributed by atoms with Crippen LogP contribution in [0.2, 0.25) is 0 Å². The molecule has 2 fully saturated rings. The molecule has 0 aromatic carbocycles. The van der Waals surface area contributed by atoms with Crippen molar-refractivity contribution in [2.75, 3.05) is 31.5 Å². The topological polar surface area (TPSA) is 158 Å². The third-order valence-corrected chi connectivity index (χ3v) is 5.56. The third-order valence-electron chi connectivity index (χ3n) is 5.56. The average molecular weight is 463 g/mol. The van der Waals surface area contributed by atoms with Gasteiger partial charge in [-0.2, -0.15) is 5.10 Å². The molecule has 2 aromatic heterocycles. The van der Waals surface area contributed by atoms with Crippen LogP contribution >= 0.6 is 0 Å². The minimum absolute atomic E-state index is 0.0520. The molecule has 2 aliphatic heterocycles. The summed E-state index contributed by atoms with van der Waals surface area (Å²) in [5.74, 6) is 0.768. The van der Waals surface area contributed by atoms with Crippen molar-refractivity contribution >= 4 is 30.6 Å². The number of carboxylic acid groups (broad SMARTS) is 2. The number of carbonyl (C=O) groups excluding carboxylic acids is 2. The second kappa shape index (κ2) is 12.3. The number of hydrogen-bond donors (Lipinski definition) is 3. The van der Waals surface area contributed by atoms with Gasteiger partial charge in [0.25, 0.3) is 18.9 Å². The van der Waals surface area contributed by atoms with Crippen molar-refractivity contribution in [3.63, 3.8) is 0 Å². The van der Waals surface area contributed by atoms with E-state index < -0.39 is 5.54 Å². The third kappa shape index (κ3) is 6.57. The first-order chi connectivity index (χ1) is 15.9. The molecule has 2 aromatic rings. The van der Waals surface area contributed by atoms with Gasteiger partial charge < -0.3 is 29.7 Å². The van der Waals surface area contributed by atoms with Crippen LogP contribution < -0.4 is 5.32 Å². The van der Waals surface area contributed by atoms with Gasteiger partial charge in [-0.1, -0.05) is 0 Å². The van der Waals surface area contributed by atoms with Gasteiger partial charge in [0.05, 0.1) is 11.8 Å². The number of aromatic nitrogens is 2. The monoisotopic (exact) mass is 463 g/mol. The van der Waals surface area contributed by atoms with Crippen molar-refractivity contribution in [1.29, 1.82) is 0 Å². The molecular formula is C21H29N5O7. The highest BCUT2D eigenvalue weighted by atomic mass is 16.3. The van der Waals surface area contributed by atoms with Gasteiger partial charge in [-0.05, 0) is 31.7 Å². The number of piperidine rings is 1. The molecule has 0 bridgehead atoms. The molecule has 0 radical (unpaired) electrons. The zero-order chi connectivity index (χ0) is 24.3. The van der Waals surface area contributed by atoms with Gasteiger partial charge in [-0.25, -0.2) is 0 Å². The molecule has 0 unspecified atom stereocenters. The van der Waals surface area contributed by atoms with Crippen LogP contribution in [0.15, 0.2) is 35.3 Å². The van der Waals surface area contributed by atoms with E-state index in [0.29, 0.717) is 37.3 Å². The van der Waals surface area contributed by atoms with Crippen LogP contribution in [0.4, 0.5) is 5.82 Å². The lowest BCUT2D eigenvalue weighted by Gasteiger charge is -2.42. The normalized spacial score (nSPS) is 16.5. The first-order valence-corrected chi connectivity index (χ1v) is 10.4. The van der Waals surface area contributed by atoms with Crippen LogP contribution in [0.5, 0.6) is 0 Å². The summed E-state index contributed by atoms with van der Waals surface area (Å²) < 4.78 is 6.74. The molecule has 4 rings (SSSR count). The van der Waals surface area contributed by atoms with Gasteiger partial charge in [-0.3, -0.25) is 23.9 Å². The molecule has 33 heavy (non-hydrogen) atoms. The number of amides is 2. The highest BCUT2D eigenvalue weighted by molar-refractivity contribution is 5.95. The molecule has 12 heteroatoms. The van der Waals surface area contributed by atoms with E-state index in [2.05, 4.69) is 10.4 Å². The zero-order valence-electron chi connectivity index (χ0n) is 18.4. The molecule has 12 nitrogen and oxygen atoms in total. The lowest BCUT2D eigenvalue weighted by molar-refractivity contribution is -0.136. The maximum atomic E-state index is 13.3. The highest BCUT2D eigenvalue weighted by Crippen LogP contribution is 2.30. The maximum Gasteiger partial charge on any atom is 0.290 e. The van der Waals surface area contributed by atoms with Crippen molar-refractivity contribution < 1.29 is 33.8 Å². The van der Waals surface area contributed by atoms with Crippen LogP contribution in [0, 0.1) is 0 Å². The summed E-state index contributed by atoms with van der Waals surface area (Å²) in [6.45, 7) is 2.15. The smallest absolute Gasteiger partial charge is 0.290 e. The lowest BCUT2D eigenvalue weighted by Crippen LogP contribution is -2.59. The van der Waals surface area contributed by atoms with Gasteiger partial charge in [0.15, 0.2) is 0 Å². The number of anilines is 1. The van der Waals surface area contributed by atoms with Crippen molar-refractivity contribution in [2.45, 2.75) is 31.2 Å². The van der Waals surface area contributed by atoms with Gasteiger partial charge in [0.2, 0.25) is 5.91 Å². The molecule has 4 heterocycles. The van der Waals surface area contributed by atoms with Gasteiger partial charge >= 0.3 is 0 Å². The zero-order valence-corrected chi connectivity index (χ0v) is 18.4. The molecule has 180 valence electrons. The van der Waals surface area contributed by atoms with Crippen LogP contribution in [0.1, 0.15) is 36.0 Å². The average Bonchev–Trinajstić information content (AvgIpc) is 3.58. The summed E-state index contributed by atoms with van der Waals surface area (Å²) in [7, 11) is 1.85. The van der Waals surface area contributed by atoms with E-state index in [1.165, 1.54) is 12.5 Å².